The Kier molecular flexibility index (Phi) is 2.60. The standard InChI is InChI=1S/C13H17NO3/c1-7-5-8(6-14-11(7)17-4)9-10(12(15)16)13(9,2)3/h5-6,9-10H,1-4H3,(H,15,16)/t9-,10+/m0/s1. The molecule has 4 nitrogen and oxygen atoms in total. The molecule has 1 aromatic heterocycles. The molecule has 1 aromatic rings. The molecule has 1 saturated carbocycles. The monoisotopic (exact) mass is 235 g/mol. The highest BCUT2D eigenvalue weighted by Gasteiger charge is 2.62. The Balaban J connectivity index is 2.31. The van der Waals surface area contributed by atoms with Gasteiger partial charge in [0, 0.05) is 17.7 Å². The van der Waals surface area contributed by atoms with E-state index in [1.54, 1.807) is 13.3 Å². The van der Waals surface area contributed by atoms with Crippen LogP contribution in [0.1, 0.15) is 30.9 Å². The summed E-state index contributed by atoms with van der Waals surface area (Å²) in [5.41, 5.74) is 1.74. The maximum Gasteiger partial charge on any atom is 0.307 e. The molecule has 1 heterocycles. The molecule has 1 fully saturated rings. The summed E-state index contributed by atoms with van der Waals surface area (Å²) in [7, 11) is 1.58. The van der Waals surface area contributed by atoms with Crippen LogP contribution in [0.25, 0.3) is 0 Å². The van der Waals surface area contributed by atoms with E-state index in [4.69, 9.17) is 9.84 Å². The van der Waals surface area contributed by atoms with Crippen LogP contribution in [0.4, 0.5) is 0 Å². The Bertz CT molecular complexity index is 468. The largest absolute Gasteiger partial charge is 0.481 e. The number of aryl methyl sites for hydroxylation is 1. The van der Waals surface area contributed by atoms with E-state index in [-0.39, 0.29) is 17.3 Å². The Morgan fingerprint density at radius 3 is 2.59 bits per heavy atom. The minimum Gasteiger partial charge on any atom is -0.481 e. The van der Waals surface area contributed by atoms with E-state index in [9.17, 15) is 4.79 Å². The molecule has 0 radical (unpaired) electrons. The fraction of sp³-hybridized carbons (Fsp3) is 0.538. The molecular weight excluding hydrogens is 218 g/mol. The number of carboxylic acids is 1. The lowest BCUT2D eigenvalue weighted by Crippen LogP contribution is -2.03. The van der Waals surface area contributed by atoms with Crippen LogP contribution < -0.4 is 4.74 Å². The third-order valence-corrected chi connectivity index (χ3v) is 3.70. The van der Waals surface area contributed by atoms with Crippen LogP contribution in [0.15, 0.2) is 12.3 Å². The number of aliphatic carboxylic acids is 1. The topological polar surface area (TPSA) is 59.4 Å². The van der Waals surface area contributed by atoms with Gasteiger partial charge in [-0.1, -0.05) is 13.8 Å². The van der Waals surface area contributed by atoms with E-state index in [0.29, 0.717) is 5.88 Å². The van der Waals surface area contributed by atoms with E-state index in [1.165, 1.54) is 0 Å². The first kappa shape index (κ1) is 11.9. The van der Waals surface area contributed by atoms with E-state index in [1.807, 2.05) is 26.8 Å². The van der Waals surface area contributed by atoms with Crippen LogP contribution >= 0.6 is 0 Å². The van der Waals surface area contributed by atoms with Crippen LogP contribution in [-0.4, -0.2) is 23.2 Å². The molecule has 2 rings (SSSR count). The third-order valence-electron chi connectivity index (χ3n) is 3.70. The quantitative estimate of drug-likeness (QED) is 0.872. The zero-order valence-corrected chi connectivity index (χ0v) is 10.5. The molecular formula is C13H17NO3. The normalized spacial score (nSPS) is 25.4. The van der Waals surface area contributed by atoms with E-state index >= 15 is 0 Å². The van der Waals surface area contributed by atoms with Gasteiger partial charge in [-0.05, 0) is 24.0 Å². The van der Waals surface area contributed by atoms with Crippen molar-refractivity contribution in [1.82, 2.24) is 4.98 Å². The van der Waals surface area contributed by atoms with Crippen molar-refractivity contribution < 1.29 is 14.6 Å². The molecule has 0 amide bonds. The van der Waals surface area contributed by atoms with Crippen molar-refractivity contribution in [2.75, 3.05) is 7.11 Å². The van der Waals surface area contributed by atoms with Crippen molar-refractivity contribution in [1.29, 1.82) is 0 Å². The van der Waals surface area contributed by atoms with Gasteiger partial charge in [0.2, 0.25) is 5.88 Å². The number of hydrogen-bond donors (Lipinski definition) is 1. The first-order valence-electron chi connectivity index (χ1n) is 5.63. The molecule has 1 aliphatic carbocycles. The Hall–Kier alpha value is -1.58. The van der Waals surface area contributed by atoms with Crippen molar-refractivity contribution in [3.63, 3.8) is 0 Å². The summed E-state index contributed by atoms with van der Waals surface area (Å²) >= 11 is 0. The van der Waals surface area contributed by atoms with Gasteiger partial charge in [-0.2, -0.15) is 0 Å². The predicted octanol–water partition coefficient (Wildman–Crippen LogP) is 2.22. The Morgan fingerprint density at radius 1 is 1.53 bits per heavy atom. The number of methoxy groups -OCH3 is 1. The molecule has 0 aromatic carbocycles. The third kappa shape index (κ3) is 1.77. The number of carboxylic acid groups (broad SMARTS) is 1. The number of aromatic nitrogens is 1. The number of carbonyl (C=O) groups is 1. The molecule has 4 heteroatoms. The Morgan fingerprint density at radius 2 is 2.18 bits per heavy atom. The fourth-order valence-corrected chi connectivity index (χ4v) is 2.69. The zero-order chi connectivity index (χ0) is 12.8. The number of hydrogen-bond acceptors (Lipinski definition) is 3. The molecule has 0 spiro atoms. The van der Waals surface area contributed by atoms with Crippen LogP contribution in [0.2, 0.25) is 0 Å². The van der Waals surface area contributed by atoms with Crippen LogP contribution in [0, 0.1) is 18.3 Å². The van der Waals surface area contributed by atoms with Crippen LogP contribution in [0.3, 0.4) is 0 Å². The number of rotatable bonds is 3. The fourth-order valence-electron chi connectivity index (χ4n) is 2.69. The number of ether oxygens (including phenoxy) is 1. The summed E-state index contributed by atoms with van der Waals surface area (Å²) in [6.45, 7) is 5.88. The smallest absolute Gasteiger partial charge is 0.307 e. The molecule has 17 heavy (non-hydrogen) atoms. The lowest BCUT2D eigenvalue weighted by molar-refractivity contribution is -0.139. The van der Waals surface area contributed by atoms with Gasteiger partial charge < -0.3 is 9.84 Å². The van der Waals surface area contributed by atoms with Gasteiger partial charge in [0.15, 0.2) is 0 Å². The molecule has 0 unspecified atom stereocenters. The second-order valence-corrected chi connectivity index (χ2v) is 5.21. The molecule has 1 aliphatic rings. The maximum absolute atomic E-state index is 11.1. The molecule has 0 saturated heterocycles. The van der Waals surface area contributed by atoms with Crippen molar-refractivity contribution in [2.24, 2.45) is 11.3 Å². The van der Waals surface area contributed by atoms with Crippen molar-refractivity contribution in [2.45, 2.75) is 26.7 Å². The van der Waals surface area contributed by atoms with Crippen molar-refractivity contribution in [3.8, 4) is 5.88 Å². The lowest BCUT2D eigenvalue weighted by atomic mass is 10.0. The summed E-state index contributed by atoms with van der Waals surface area (Å²) in [5, 5.41) is 9.15. The average Bonchev–Trinajstić information content (AvgIpc) is 2.81. The number of pyridine rings is 1. The summed E-state index contributed by atoms with van der Waals surface area (Å²) in [6.07, 6.45) is 1.72. The number of nitrogens with zero attached hydrogens (tertiary/aromatic N) is 1. The molecule has 1 N–H and O–H groups in total. The van der Waals surface area contributed by atoms with Crippen LogP contribution in [0.5, 0.6) is 5.88 Å². The SMILES string of the molecule is COc1ncc([C@H]2[C@H](C(=O)O)C2(C)C)cc1C. The zero-order valence-electron chi connectivity index (χ0n) is 10.5. The average molecular weight is 235 g/mol. The van der Waals surface area contributed by atoms with E-state index in [2.05, 4.69) is 4.98 Å². The maximum atomic E-state index is 11.1. The van der Waals surface area contributed by atoms with Crippen molar-refractivity contribution >= 4 is 5.97 Å². The van der Waals surface area contributed by atoms with Gasteiger partial charge in [0.25, 0.3) is 0 Å². The summed E-state index contributed by atoms with van der Waals surface area (Å²) in [4.78, 5) is 15.3. The minimum atomic E-state index is -0.728. The molecule has 92 valence electrons. The van der Waals surface area contributed by atoms with Gasteiger partial charge in [-0.15, -0.1) is 0 Å². The van der Waals surface area contributed by atoms with Crippen LogP contribution in [-0.2, 0) is 4.79 Å². The summed E-state index contributed by atoms with van der Waals surface area (Å²) in [5.74, 6) is -0.387. The molecule has 2 atom stereocenters. The first-order valence-corrected chi connectivity index (χ1v) is 5.63. The molecule has 0 bridgehead atoms. The highest BCUT2D eigenvalue weighted by molar-refractivity contribution is 5.77. The van der Waals surface area contributed by atoms with Gasteiger partial charge in [-0.25, -0.2) is 4.98 Å². The summed E-state index contributed by atoms with van der Waals surface area (Å²) in [6, 6.07) is 1.97. The lowest BCUT2D eigenvalue weighted by Gasteiger charge is -2.07. The second kappa shape index (κ2) is 3.72. The Labute approximate surface area is 101 Å². The highest BCUT2D eigenvalue weighted by atomic mass is 16.5. The minimum absolute atomic E-state index is 0.0529. The highest BCUT2D eigenvalue weighted by Crippen LogP contribution is 2.64. The van der Waals surface area contributed by atoms with Crippen molar-refractivity contribution in [3.05, 3.63) is 23.4 Å². The summed E-state index contributed by atoms with van der Waals surface area (Å²) < 4.78 is 5.10. The van der Waals surface area contributed by atoms with E-state index < -0.39 is 5.97 Å². The first-order chi connectivity index (χ1) is 7.89. The van der Waals surface area contributed by atoms with E-state index in [0.717, 1.165) is 11.1 Å². The van der Waals surface area contributed by atoms with Gasteiger partial charge in [0.1, 0.15) is 0 Å². The molecule has 0 aliphatic heterocycles. The van der Waals surface area contributed by atoms with Gasteiger partial charge in [0.05, 0.1) is 13.0 Å². The second-order valence-electron chi connectivity index (χ2n) is 5.21. The van der Waals surface area contributed by atoms with Gasteiger partial charge >= 0.3 is 5.97 Å². The van der Waals surface area contributed by atoms with Gasteiger partial charge in [-0.3, -0.25) is 4.79 Å². The predicted molar refractivity (Wildman–Crippen MR) is 63.2 cm³/mol.